The summed E-state index contributed by atoms with van der Waals surface area (Å²) in [6.07, 6.45) is 4.44. The summed E-state index contributed by atoms with van der Waals surface area (Å²) >= 11 is 0. The molecular weight excluding hydrogens is 320 g/mol. The highest BCUT2D eigenvalue weighted by Gasteiger charge is 2.72. The molecule has 4 aliphatic rings. The van der Waals surface area contributed by atoms with Gasteiger partial charge in [-0.25, -0.2) is 4.79 Å². The molecule has 6 unspecified atom stereocenters. The molecule has 2 heterocycles. The van der Waals surface area contributed by atoms with Crippen molar-refractivity contribution >= 4 is 11.8 Å². The highest BCUT2D eigenvalue weighted by atomic mass is 16.7. The van der Waals surface area contributed by atoms with Crippen LogP contribution in [0.3, 0.4) is 0 Å². The Kier molecular flexibility index (Phi) is 3.44. The number of ether oxygens (including phenoxy) is 2. The zero-order valence-electron chi connectivity index (χ0n) is 14.9. The van der Waals surface area contributed by atoms with Gasteiger partial charge in [0.1, 0.15) is 17.8 Å². The van der Waals surface area contributed by atoms with Gasteiger partial charge in [-0.05, 0) is 57.3 Å². The molecule has 2 fully saturated rings. The van der Waals surface area contributed by atoms with Gasteiger partial charge in [-0.1, -0.05) is 17.7 Å². The average Bonchev–Trinajstić information content (AvgIpc) is 3.12. The van der Waals surface area contributed by atoms with E-state index in [0.29, 0.717) is 24.8 Å². The molecule has 6 atom stereocenters. The number of carbonyl (C=O) groups excluding carboxylic acids is 2. The van der Waals surface area contributed by atoms with Gasteiger partial charge in [-0.3, -0.25) is 4.79 Å². The average molecular weight is 344 g/mol. The van der Waals surface area contributed by atoms with E-state index < -0.39 is 17.1 Å². The third kappa shape index (κ3) is 2.29. The fourth-order valence-electron chi connectivity index (χ4n) is 4.92. The van der Waals surface area contributed by atoms with Crippen LogP contribution in [0, 0.1) is 11.8 Å². The summed E-state index contributed by atoms with van der Waals surface area (Å²) in [5, 5.41) is 11.3. The second kappa shape index (κ2) is 5.15. The lowest BCUT2D eigenvalue weighted by atomic mass is 9.73. The topological polar surface area (TPSA) is 76.1 Å². The maximum atomic E-state index is 12.8. The molecule has 5 heteroatoms. The van der Waals surface area contributed by atoms with Crippen LogP contribution in [0.1, 0.15) is 40.0 Å². The minimum atomic E-state index is -1.31. The fourth-order valence-corrected chi connectivity index (χ4v) is 4.92. The Hall–Kier alpha value is -1.72. The predicted octanol–water partition coefficient (Wildman–Crippen LogP) is 2.25. The second-order valence-corrected chi connectivity index (χ2v) is 8.11. The lowest BCUT2D eigenvalue weighted by Gasteiger charge is -2.33. The third-order valence-corrected chi connectivity index (χ3v) is 6.16. The number of rotatable bonds is 1. The van der Waals surface area contributed by atoms with E-state index in [1.54, 1.807) is 19.1 Å². The van der Waals surface area contributed by atoms with Crippen LogP contribution in [0.15, 0.2) is 35.5 Å². The third-order valence-electron chi connectivity index (χ3n) is 6.16. The van der Waals surface area contributed by atoms with Crippen molar-refractivity contribution in [3.05, 3.63) is 35.5 Å². The lowest BCUT2D eigenvalue weighted by molar-refractivity contribution is -0.154. The van der Waals surface area contributed by atoms with Crippen molar-refractivity contribution in [1.82, 2.24) is 0 Å². The first-order chi connectivity index (χ1) is 11.7. The first-order valence-electron chi connectivity index (χ1n) is 8.86. The van der Waals surface area contributed by atoms with Crippen LogP contribution in [0.25, 0.3) is 0 Å². The Labute approximate surface area is 147 Å². The molecule has 2 bridgehead atoms. The zero-order chi connectivity index (χ0) is 18.1. The molecule has 2 aliphatic carbocycles. The van der Waals surface area contributed by atoms with E-state index in [4.69, 9.17) is 9.47 Å². The molecule has 1 N–H and O–H groups in total. The standard InChI is InChI=1S/C20H24O5/c1-10(2)13-5-6-20-17(25-20)14(24-18(20)22)7-11(3)8-19(23)9-12(4)16(21)15(13)19/h8-9,13-15,17,23H,1,5-7H2,2-4H3. The van der Waals surface area contributed by atoms with Gasteiger partial charge in [-0.15, -0.1) is 0 Å². The van der Waals surface area contributed by atoms with Crippen LogP contribution in [-0.2, 0) is 19.1 Å². The van der Waals surface area contributed by atoms with Crippen LogP contribution in [0.2, 0.25) is 0 Å². The van der Waals surface area contributed by atoms with Gasteiger partial charge in [-0.2, -0.15) is 0 Å². The number of fused-ring (bicyclic) bond motifs is 1. The van der Waals surface area contributed by atoms with E-state index in [1.807, 2.05) is 13.8 Å². The number of epoxide rings is 1. The van der Waals surface area contributed by atoms with E-state index in [-0.39, 0.29) is 29.9 Å². The van der Waals surface area contributed by atoms with Crippen molar-refractivity contribution < 1.29 is 24.2 Å². The van der Waals surface area contributed by atoms with E-state index in [2.05, 4.69) is 6.58 Å². The molecule has 25 heavy (non-hydrogen) atoms. The van der Waals surface area contributed by atoms with Crippen molar-refractivity contribution in [2.75, 3.05) is 0 Å². The molecule has 5 nitrogen and oxygen atoms in total. The normalized spacial score (nSPS) is 45.6. The van der Waals surface area contributed by atoms with E-state index >= 15 is 0 Å². The molecule has 134 valence electrons. The van der Waals surface area contributed by atoms with Crippen LogP contribution >= 0.6 is 0 Å². The summed E-state index contributed by atoms with van der Waals surface area (Å²) in [5.74, 6) is -1.16. The quantitative estimate of drug-likeness (QED) is 0.448. The number of ketones is 1. The Morgan fingerprint density at radius 1 is 1.32 bits per heavy atom. The number of carbonyl (C=O) groups is 2. The molecule has 0 aromatic heterocycles. The molecule has 0 aromatic carbocycles. The molecular formula is C20H24O5. The van der Waals surface area contributed by atoms with Crippen molar-refractivity contribution in [3.8, 4) is 0 Å². The summed E-state index contributed by atoms with van der Waals surface area (Å²) in [6, 6.07) is 0. The summed E-state index contributed by atoms with van der Waals surface area (Å²) in [4.78, 5) is 25.1. The SMILES string of the molecule is C=C(C)C1CCC23OC2C(CC(C)=CC2(O)C=C(C)C(=O)C12)OC3=O. The fraction of sp³-hybridized carbons (Fsp3) is 0.600. The largest absolute Gasteiger partial charge is 0.457 e. The highest BCUT2D eigenvalue weighted by Crippen LogP contribution is 2.54. The van der Waals surface area contributed by atoms with Crippen LogP contribution in [0.5, 0.6) is 0 Å². The summed E-state index contributed by atoms with van der Waals surface area (Å²) in [7, 11) is 0. The minimum absolute atomic E-state index is 0.0442. The maximum Gasteiger partial charge on any atom is 0.341 e. The molecule has 0 radical (unpaired) electrons. The van der Waals surface area contributed by atoms with Crippen LogP contribution in [0.4, 0.5) is 0 Å². The second-order valence-electron chi connectivity index (χ2n) is 8.11. The zero-order valence-corrected chi connectivity index (χ0v) is 14.9. The van der Waals surface area contributed by atoms with E-state index in [1.165, 1.54) is 0 Å². The van der Waals surface area contributed by atoms with Gasteiger partial charge in [0.25, 0.3) is 0 Å². The maximum absolute atomic E-state index is 12.8. The van der Waals surface area contributed by atoms with Gasteiger partial charge in [0.15, 0.2) is 11.4 Å². The Morgan fingerprint density at radius 2 is 2.04 bits per heavy atom. The van der Waals surface area contributed by atoms with Crippen LogP contribution < -0.4 is 0 Å². The first kappa shape index (κ1) is 16.7. The number of hydrogen-bond donors (Lipinski definition) is 1. The molecule has 2 aliphatic heterocycles. The van der Waals surface area contributed by atoms with Crippen molar-refractivity contribution in [2.45, 2.75) is 63.4 Å². The van der Waals surface area contributed by atoms with Gasteiger partial charge in [0, 0.05) is 6.42 Å². The lowest BCUT2D eigenvalue weighted by Crippen LogP contribution is -2.41. The molecule has 0 aromatic rings. The smallest absolute Gasteiger partial charge is 0.341 e. The Morgan fingerprint density at radius 3 is 2.68 bits per heavy atom. The van der Waals surface area contributed by atoms with Crippen molar-refractivity contribution in [3.63, 3.8) is 0 Å². The summed E-state index contributed by atoms with van der Waals surface area (Å²) < 4.78 is 11.3. The highest BCUT2D eigenvalue weighted by molar-refractivity contribution is 6.01. The van der Waals surface area contributed by atoms with Crippen molar-refractivity contribution in [1.29, 1.82) is 0 Å². The van der Waals surface area contributed by atoms with Gasteiger partial charge < -0.3 is 14.6 Å². The molecule has 0 amide bonds. The monoisotopic (exact) mass is 344 g/mol. The van der Waals surface area contributed by atoms with Crippen LogP contribution in [-0.4, -0.2) is 40.3 Å². The molecule has 4 rings (SSSR count). The van der Waals surface area contributed by atoms with E-state index in [0.717, 1.165) is 11.1 Å². The summed E-state index contributed by atoms with van der Waals surface area (Å²) in [6.45, 7) is 9.56. The summed E-state index contributed by atoms with van der Waals surface area (Å²) in [5.41, 5.74) is 0.129. The Balaban J connectivity index is 1.79. The minimum Gasteiger partial charge on any atom is -0.457 e. The number of hydrogen-bond acceptors (Lipinski definition) is 5. The first-order valence-corrected chi connectivity index (χ1v) is 8.86. The number of aliphatic hydroxyl groups is 1. The number of Topliss-reactive ketones (excluding diaryl/α,β-unsaturated/α-hetero) is 1. The van der Waals surface area contributed by atoms with Gasteiger partial charge in [0.05, 0.1) is 5.92 Å². The number of allylic oxidation sites excluding steroid dienone is 2. The number of esters is 1. The van der Waals surface area contributed by atoms with Gasteiger partial charge >= 0.3 is 5.97 Å². The van der Waals surface area contributed by atoms with Gasteiger partial charge in [0.2, 0.25) is 0 Å². The van der Waals surface area contributed by atoms with E-state index in [9.17, 15) is 14.7 Å². The van der Waals surface area contributed by atoms with Crippen molar-refractivity contribution in [2.24, 2.45) is 11.8 Å². The molecule has 2 saturated heterocycles. The predicted molar refractivity (Wildman–Crippen MR) is 90.6 cm³/mol. The Bertz CT molecular complexity index is 747. The molecule has 0 saturated carbocycles. The molecule has 0 spiro atoms.